The molecule has 18 heavy (non-hydrogen) atoms. The van der Waals surface area contributed by atoms with Gasteiger partial charge in [-0.25, -0.2) is 4.98 Å². The van der Waals surface area contributed by atoms with E-state index in [0.29, 0.717) is 11.6 Å². The van der Waals surface area contributed by atoms with Gasteiger partial charge in [0.1, 0.15) is 17.4 Å². The maximum atomic E-state index is 5.72. The monoisotopic (exact) mass is 243 g/mol. The minimum Gasteiger partial charge on any atom is -0.497 e. The van der Waals surface area contributed by atoms with Gasteiger partial charge in [0.15, 0.2) is 0 Å². The normalized spacial score (nSPS) is 12.1. The van der Waals surface area contributed by atoms with Gasteiger partial charge in [-0.3, -0.25) is 0 Å². The zero-order valence-corrected chi connectivity index (χ0v) is 10.6. The fourth-order valence-electron chi connectivity index (χ4n) is 1.95. The van der Waals surface area contributed by atoms with Gasteiger partial charge in [-0.2, -0.15) is 0 Å². The largest absolute Gasteiger partial charge is 0.497 e. The molecule has 1 heterocycles. The van der Waals surface area contributed by atoms with Gasteiger partial charge in [0.25, 0.3) is 0 Å². The maximum absolute atomic E-state index is 5.72. The number of hydrogen-bond acceptors (Lipinski definition) is 4. The number of benzene rings is 1. The summed E-state index contributed by atoms with van der Waals surface area (Å²) in [6.07, 6.45) is 0. The second kappa shape index (κ2) is 4.96. The Morgan fingerprint density at radius 1 is 1.06 bits per heavy atom. The van der Waals surface area contributed by atoms with Crippen molar-refractivity contribution in [3.63, 3.8) is 0 Å². The molecule has 2 rings (SSSR count). The van der Waals surface area contributed by atoms with Crippen molar-refractivity contribution in [1.29, 1.82) is 0 Å². The highest BCUT2D eigenvalue weighted by molar-refractivity contribution is 5.47. The second-order valence-electron chi connectivity index (χ2n) is 4.25. The van der Waals surface area contributed by atoms with Gasteiger partial charge in [-0.05, 0) is 35.4 Å². The van der Waals surface area contributed by atoms with Crippen molar-refractivity contribution in [2.45, 2.75) is 12.8 Å². The Morgan fingerprint density at radius 3 is 2.33 bits per heavy atom. The second-order valence-corrected chi connectivity index (χ2v) is 4.25. The minimum absolute atomic E-state index is 0.188. The predicted molar refractivity (Wildman–Crippen MR) is 73.6 cm³/mol. The van der Waals surface area contributed by atoms with Gasteiger partial charge in [0.2, 0.25) is 0 Å². The van der Waals surface area contributed by atoms with Crippen LogP contribution in [0.15, 0.2) is 36.4 Å². The van der Waals surface area contributed by atoms with E-state index >= 15 is 0 Å². The van der Waals surface area contributed by atoms with Crippen LogP contribution in [0.3, 0.4) is 0 Å². The first-order valence-corrected chi connectivity index (χ1v) is 5.77. The molecule has 0 bridgehead atoms. The lowest BCUT2D eigenvalue weighted by molar-refractivity contribution is 0.414. The van der Waals surface area contributed by atoms with E-state index in [4.69, 9.17) is 16.2 Å². The average molecular weight is 243 g/mol. The summed E-state index contributed by atoms with van der Waals surface area (Å²) in [4.78, 5) is 3.97. The number of nitrogen functional groups attached to an aromatic ring is 2. The zero-order valence-electron chi connectivity index (χ0n) is 10.6. The Kier molecular flexibility index (Phi) is 3.37. The van der Waals surface area contributed by atoms with E-state index < -0.39 is 0 Å². The van der Waals surface area contributed by atoms with Crippen LogP contribution in [-0.4, -0.2) is 12.1 Å². The van der Waals surface area contributed by atoms with Gasteiger partial charge < -0.3 is 16.2 Å². The third kappa shape index (κ3) is 2.53. The molecule has 0 saturated heterocycles. The van der Waals surface area contributed by atoms with Gasteiger partial charge in [0, 0.05) is 5.92 Å². The summed E-state index contributed by atoms with van der Waals surface area (Å²) in [7, 11) is 1.66. The van der Waals surface area contributed by atoms with Crippen LogP contribution >= 0.6 is 0 Å². The first kappa shape index (κ1) is 12.2. The van der Waals surface area contributed by atoms with Crippen molar-refractivity contribution >= 4 is 11.6 Å². The highest BCUT2D eigenvalue weighted by Gasteiger charge is 2.11. The highest BCUT2D eigenvalue weighted by Crippen LogP contribution is 2.28. The smallest absolute Gasteiger partial charge is 0.126 e. The van der Waals surface area contributed by atoms with E-state index in [0.717, 1.165) is 16.9 Å². The number of methoxy groups -OCH3 is 1. The van der Waals surface area contributed by atoms with Crippen LogP contribution in [0.1, 0.15) is 24.0 Å². The summed E-state index contributed by atoms with van der Waals surface area (Å²) in [5, 5.41) is 0. The number of hydrogen-bond donors (Lipinski definition) is 2. The molecule has 4 nitrogen and oxygen atoms in total. The highest BCUT2D eigenvalue weighted by atomic mass is 16.5. The van der Waals surface area contributed by atoms with E-state index in [1.165, 1.54) is 0 Å². The predicted octanol–water partition coefficient (Wildman–Crippen LogP) is 2.41. The molecule has 0 radical (unpaired) electrons. The lowest BCUT2D eigenvalue weighted by Crippen LogP contribution is -2.02. The first-order chi connectivity index (χ1) is 8.60. The fraction of sp³-hybridized carbons (Fsp3) is 0.214. The zero-order chi connectivity index (χ0) is 13.1. The fourth-order valence-corrected chi connectivity index (χ4v) is 1.95. The number of rotatable bonds is 3. The summed E-state index contributed by atoms with van der Waals surface area (Å²) in [5.74, 6) is 1.92. The Labute approximate surface area is 107 Å². The first-order valence-electron chi connectivity index (χ1n) is 5.77. The van der Waals surface area contributed by atoms with E-state index in [1.807, 2.05) is 30.3 Å². The molecule has 0 amide bonds. The van der Waals surface area contributed by atoms with E-state index in [1.54, 1.807) is 7.11 Å². The summed E-state index contributed by atoms with van der Waals surface area (Å²) in [5.41, 5.74) is 13.6. The number of nitrogens with zero attached hydrogens (tertiary/aromatic N) is 1. The maximum Gasteiger partial charge on any atom is 0.126 e. The molecular weight excluding hydrogens is 226 g/mol. The van der Waals surface area contributed by atoms with Crippen molar-refractivity contribution in [2.24, 2.45) is 0 Å². The third-order valence-electron chi connectivity index (χ3n) is 2.98. The van der Waals surface area contributed by atoms with Crippen LogP contribution in [0.25, 0.3) is 0 Å². The Balaban J connectivity index is 2.37. The van der Waals surface area contributed by atoms with Crippen molar-refractivity contribution in [1.82, 2.24) is 4.98 Å². The number of pyridine rings is 1. The lowest BCUT2D eigenvalue weighted by atomic mass is 9.93. The van der Waals surface area contributed by atoms with Crippen LogP contribution in [0.5, 0.6) is 5.75 Å². The van der Waals surface area contributed by atoms with Gasteiger partial charge in [-0.1, -0.05) is 19.1 Å². The van der Waals surface area contributed by atoms with Crippen molar-refractivity contribution in [3.8, 4) is 5.75 Å². The number of ether oxygens (including phenoxy) is 1. The number of anilines is 2. The topological polar surface area (TPSA) is 74.2 Å². The molecule has 0 aliphatic carbocycles. The third-order valence-corrected chi connectivity index (χ3v) is 2.98. The summed E-state index contributed by atoms with van der Waals surface area (Å²) in [6.45, 7) is 2.10. The molecule has 4 N–H and O–H groups in total. The molecule has 0 saturated carbocycles. The standard InChI is InChI=1S/C14H17N3O/c1-9(10-4-3-5-12(6-10)18-2)11-7-13(15)17-14(16)8-11/h3-9H,1-2H3,(H4,15,16,17). The molecule has 0 aliphatic heterocycles. The number of aromatic nitrogens is 1. The molecule has 0 aliphatic rings. The Hall–Kier alpha value is -2.23. The Morgan fingerprint density at radius 2 is 1.72 bits per heavy atom. The van der Waals surface area contributed by atoms with Gasteiger partial charge >= 0.3 is 0 Å². The molecule has 1 unspecified atom stereocenters. The minimum atomic E-state index is 0.188. The molecule has 2 aromatic rings. The lowest BCUT2D eigenvalue weighted by Gasteiger charge is -2.14. The van der Waals surface area contributed by atoms with Crippen molar-refractivity contribution in [3.05, 3.63) is 47.5 Å². The molecule has 0 fully saturated rings. The average Bonchev–Trinajstić information content (AvgIpc) is 2.37. The van der Waals surface area contributed by atoms with Crippen LogP contribution < -0.4 is 16.2 Å². The number of nitrogens with two attached hydrogens (primary N) is 2. The molecule has 1 aromatic heterocycles. The van der Waals surface area contributed by atoms with Crippen molar-refractivity contribution < 1.29 is 4.74 Å². The van der Waals surface area contributed by atoms with Crippen LogP contribution in [0, 0.1) is 0 Å². The molecular formula is C14H17N3O. The van der Waals surface area contributed by atoms with E-state index in [-0.39, 0.29) is 5.92 Å². The van der Waals surface area contributed by atoms with Crippen molar-refractivity contribution in [2.75, 3.05) is 18.6 Å². The SMILES string of the molecule is COc1cccc(C(C)c2cc(N)nc(N)c2)c1. The van der Waals surface area contributed by atoms with Crippen LogP contribution in [0.4, 0.5) is 11.6 Å². The summed E-state index contributed by atoms with van der Waals surface area (Å²) < 4.78 is 5.23. The molecule has 0 spiro atoms. The van der Waals surface area contributed by atoms with Gasteiger partial charge in [-0.15, -0.1) is 0 Å². The molecule has 1 aromatic carbocycles. The molecule has 94 valence electrons. The van der Waals surface area contributed by atoms with E-state index in [2.05, 4.69) is 18.0 Å². The molecule has 1 atom stereocenters. The van der Waals surface area contributed by atoms with Gasteiger partial charge in [0.05, 0.1) is 7.11 Å². The summed E-state index contributed by atoms with van der Waals surface area (Å²) in [6, 6.07) is 11.7. The quantitative estimate of drug-likeness (QED) is 0.868. The van der Waals surface area contributed by atoms with Crippen LogP contribution in [0.2, 0.25) is 0 Å². The van der Waals surface area contributed by atoms with E-state index in [9.17, 15) is 0 Å². The van der Waals surface area contributed by atoms with Crippen LogP contribution in [-0.2, 0) is 0 Å². The molecule has 4 heteroatoms. The Bertz CT molecular complexity index is 534. The summed E-state index contributed by atoms with van der Waals surface area (Å²) >= 11 is 0.